The molecule has 0 aliphatic carbocycles. The van der Waals surface area contributed by atoms with Crippen molar-refractivity contribution < 1.29 is 9.53 Å². The van der Waals surface area contributed by atoms with Gasteiger partial charge in [-0.25, -0.2) is 4.79 Å². The fourth-order valence-corrected chi connectivity index (χ4v) is 2.56. The summed E-state index contributed by atoms with van der Waals surface area (Å²) in [6.45, 7) is 0.844. The van der Waals surface area contributed by atoms with Crippen LogP contribution in [0.2, 0.25) is 0 Å². The van der Waals surface area contributed by atoms with Gasteiger partial charge in [-0.3, -0.25) is 0 Å². The molecule has 0 N–H and O–H groups in total. The lowest BCUT2D eigenvalue weighted by Crippen LogP contribution is -2.20. The molecule has 0 fully saturated rings. The maximum Gasteiger partial charge on any atom is 0.339 e. The van der Waals surface area contributed by atoms with E-state index in [9.17, 15) is 4.79 Å². The quantitative estimate of drug-likeness (QED) is 0.795. The van der Waals surface area contributed by atoms with Crippen LogP contribution in [0.25, 0.3) is 0 Å². The molecule has 0 bridgehead atoms. The summed E-state index contributed by atoms with van der Waals surface area (Å²) < 4.78 is 5.45. The Balaban J connectivity index is 1.67. The molecule has 2 aromatic carbocycles. The van der Waals surface area contributed by atoms with Crippen LogP contribution in [0.15, 0.2) is 54.6 Å². The van der Waals surface area contributed by atoms with Gasteiger partial charge in [-0.05, 0) is 18.2 Å². The van der Waals surface area contributed by atoms with E-state index in [1.807, 2.05) is 42.5 Å². The largest absolute Gasteiger partial charge is 0.454 e. The van der Waals surface area contributed by atoms with Crippen LogP contribution in [-0.4, -0.2) is 19.6 Å². The van der Waals surface area contributed by atoms with Crippen molar-refractivity contribution in [2.45, 2.75) is 12.5 Å². The van der Waals surface area contributed by atoms with Crippen LogP contribution in [0.4, 0.5) is 5.69 Å². The van der Waals surface area contributed by atoms with E-state index in [1.54, 1.807) is 0 Å². The number of esters is 1. The van der Waals surface area contributed by atoms with Gasteiger partial charge in [0, 0.05) is 31.3 Å². The smallest absolute Gasteiger partial charge is 0.339 e. The Hall–Kier alpha value is -2.29. The standard InChI is InChI=1S/C17H17NO2/c1-18(13-7-3-2-4-8-13)12-11-16-14-9-5-6-10-15(14)17(19)20-16/h2-10,16H,11-12H2,1H3. The Labute approximate surface area is 118 Å². The normalized spacial score (nSPS) is 16.6. The second-order valence-electron chi connectivity index (χ2n) is 5.03. The molecular formula is C17H17NO2. The van der Waals surface area contributed by atoms with Crippen molar-refractivity contribution in [3.63, 3.8) is 0 Å². The number of carbonyl (C=O) groups is 1. The zero-order chi connectivity index (χ0) is 13.9. The third-order valence-corrected chi connectivity index (χ3v) is 3.70. The average molecular weight is 267 g/mol. The molecule has 1 heterocycles. The van der Waals surface area contributed by atoms with E-state index in [1.165, 1.54) is 5.69 Å². The first-order valence-corrected chi connectivity index (χ1v) is 6.82. The predicted molar refractivity (Wildman–Crippen MR) is 78.9 cm³/mol. The maximum absolute atomic E-state index is 11.8. The van der Waals surface area contributed by atoms with Crippen LogP contribution < -0.4 is 4.90 Å². The van der Waals surface area contributed by atoms with Crippen LogP contribution in [0.1, 0.15) is 28.4 Å². The Morgan fingerprint density at radius 2 is 1.75 bits per heavy atom. The molecule has 0 saturated heterocycles. The van der Waals surface area contributed by atoms with Crippen molar-refractivity contribution in [1.82, 2.24) is 0 Å². The van der Waals surface area contributed by atoms with Gasteiger partial charge in [0.25, 0.3) is 0 Å². The monoisotopic (exact) mass is 267 g/mol. The lowest BCUT2D eigenvalue weighted by Gasteiger charge is -2.21. The molecule has 0 aromatic heterocycles. The third-order valence-electron chi connectivity index (χ3n) is 3.70. The summed E-state index contributed by atoms with van der Waals surface area (Å²) in [5.41, 5.74) is 2.89. The number of para-hydroxylation sites is 1. The molecule has 1 unspecified atom stereocenters. The van der Waals surface area contributed by atoms with Crippen molar-refractivity contribution in [2.75, 3.05) is 18.5 Å². The Bertz CT molecular complexity index is 609. The van der Waals surface area contributed by atoms with Gasteiger partial charge in [-0.1, -0.05) is 36.4 Å². The second kappa shape index (κ2) is 5.37. The molecule has 20 heavy (non-hydrogen) atoms. The number of carbonyl (C=O) groups excluding carboxylic acids is 1. The van der Waals surface area contributed by atoms with E-state index < -0.39 is 0 Å². The molecule has 0 amide bonds. The van der Waals surface area contributed by atoms with Gasteiger partial charge in [-0.15, -0.1) is 0 Å². The number of ether oxygens (including phenoxy) is 1. The fourth-order valence-electron chi connectivity index (χ4n) is 2.56. The zero-order valence-corrected chi connectivity index (χ0v) is 11.5. The van der Waals surface area contributed by atoms with E-state index in [0.29, 0.717) is 5.56 Å². The van der Waals surface area contributed by atoms with Crippen molar-refractivity contribution >= 4 is 11.7 Å². The molecule has 102 valence electrons. The molecule has 2 aromatic rings. The number of benzene rings is 2. The minimum absolute atomic E-state index is 0.120. The lowest BCUT2D eigenvalue weighted by atomic mass is 10.0. The van der Waals surface area contributed by atoms with Crippen LogP contribution in [0.3, 0.4) is 0 Å². The highest BCUT2D eigenvalue weighted by Gasteiger charge is 2.30. The van der Waals surface area contributed by atoms with Crippen LogP contribution in [-0.2, 0) is 4.74 Å². The number of hydrogen-bond donors (Lipinski definition) is 0. The molecule has 0 saturated carbocycles. The van der Waals surface area contributed by atoms with Crippen molar-refractivity contribution in [3.8, 4) is 0 Å². The Morgan fingerprint density at radius 1 is 1.05 bits per heavy atom. The highest BCUT2D eigenvalue weighted by Crippen LogP contribution is 2.33. The molecule has 1 atom stereocenters. The molecule has 0 spiro atoms. The van der Waals surface area contributed by atoms with Gasteiger partial charge >= 0.3 is 5.97 Å². The van der Waals surface area contributed by atoms with E-state index in [-0.39, 0.29) is 12.1 Å². The lowest BCUT2D eigenvalue weighted by molar-refractivity contribution is 0.0373. The number of cyclic esters (lactones) is 1. The van der Waals surface area contributed by atoms with Crippen LogP contribution >= 0.6 is 0 Å². The first-order valence-electron chi connectivity index (χ1n) is 6.82. The Morgan fingerprint density at radius 3 is 2.55 bits per heavy atom. The molecule has 3 heteroatoms. The van der Waals surface area contributed by atoms with Crippen LogP contribution in [0.5, 0.6) is 0 Å². The highest BCUT2D eigenvalue weighted by molar-refractivity contribution is 5.93. The number of hydrogen-bond acceptors (Lipinski definition) is 3. The third kappa shape index (κ3) is 2.39. The Kier molecular flexibility index (Phi) is 3.42. The van der Waals surface area contributed by atoms with Gasteiger partial charge in [0.2, 0.25) is 0 Å². The van der Waals surface area contributed by atoms with Gasteiger partial charge < -0.3 is 9.64 Å². The van der Waals surface area contributed by atoms with Crippen molar-refractivity contribution in [1.29, 1.82) is 0 Å². The fraction of sp³-hybridized carbons (Fsp3) is 0.235. The van der Waals surface area contributed by atoms with Gasteiger partial charge in [0.15, 0.2) is 0 Å². The van der Waals surface area contributed by atoms with Crippen molar-refractivity contribution in [2.24, 2.45) is 0 Å². The van der Waals surface area contributed by atoms with Gasteiger partial charge in [0.1, 0.15) is 6.10 Å². The summed E-state index contributed by atoms with van der Waals surface area (Å²) in [6, 6.07) is 17.8. The second-order valence-corrected chi connectivity index (χ2v) is 5.03. The number of rotatable bonds is 4. The van der Waals surface area contributed by atoms with Crippen molar-refractivity contribution in [3.05, 3.63) is 65.7 Å². The summed E-state index contributed by atoms with van der Waals surface area (Å²) in [6.07, 6.45) is 0.679. The summed E-state index contributed by atoms with van der Waals surface area (Å²) >= 11 is 0. The molecular weight excluding hydrogens is 250 g/mol. The first kappa shape index (κ1) is 12.7. The van der Waals surface area contributed by atoms with Gasteiger partial charge in [0.05, 0.1) is 5.56 Å². The predicted octanol–water partition coefficient (Wildman–Crippen LogP) is 3.42. The minimum Gasteiger partial charge on any atom is -0.454 e. The topological polar surface area (TPSA) is 29.5 Å². The highest BCUT2D eigenvalue weighted by atomic mass is 16.5. The van der Waals surface area contributed by atoms with Gasteiger partial charge in [-0.2, -0.15) is 0 Å². The molecule has 1 aliphatic rings. The van der Waals surface area contributed by atoms with E-state index in [2.05, 4.69) is 24.1 Å². The average Bonchev–Trinajstić information content (AvgIpc) is 2.83. The summed E-state index contributed by atoms with van der Waals surface area (Å²) in [5, 5.41) is 0. The minimum atomic E-state index is -0.201. The molecule has 0 radical (unpaired) electrons. The number of nitrogens with zero attached hydrogens (tertiary/aromatic N) is 1. The molecule has 3 rings (SSSR count). The van der Waals surface area contributed by atoms with Crippen LogP contribution in [0, 0.1) is 0 Å². The zero-order valence-electron chi connectivity index (χ0n) is 11.5. The SMILES string of the molecule is CN(CCC1OC(=O)c2ccccc21)c1ccccc1. The summed E-state index contributed by atoms with van der Waals surface area (Å²) in [7, 11) is 2.05. The molecule has 3 nitrogen and oxygen atoms in total. The maximum atomic E-state index is 11.8. The number of anilines is 1. The summed E-state index contributed by atoms with van der Waals surface area (Å²) in [4.78, 5) is 13.9. The first-order chi connectivity index (χ1) is 9.75. The number of fused-ring (bicyclic) bond motifs is 1. The van der Waals surface area contributed by atoms with E-state index in [0.717, 1.165) is 18.5 Å². The van der Waals surface area contributed by atoms with E-state index >= 15 is 0 Å². The molecule has 1 aliphatic heterocycles. The summed E-state index contributed by atoms with van der Waals surface area (Å²) in [5.74, 6) is -0.201. The van der Waals surface area contributed by atoms with E-state index in [4.69, 9.17) is 4.74 Å².